The highest BCUT2D eigenvalue weighted by atomic mass is 16.6. The van der Waals surface area contributed by atoms with Crippen LogP contribution in [-0.2, 0) is 22.1 Å². The van der Waals surface area contributed by atoms with E-state index in [2.05, 4.69) is 15.4 Å². The molecular formula is C13H20N4O4. The number of aromatic nitrogens is 3. The second kappa shape index (κ2) is 5.01. The number of nitrogens with one attached hydrogen (secondary N) is 1. The van der Waals surface area contributed by atoms with Gasteiger partial charge in [-0.25, -0.2) is 9.78 Å². The number of aryl methyl sites for hydroxylation is 1. The van der Waals surface area contributed by atoms with Gasteiger partial charge in [-0.05, 0) is 33.6 Å². The molecule has 0 bridgehead atoms. The predicted molar refractivity (Wildman–Crippen MR) is 72.4 cm³/mol. The number of carboxylic acid groups (broad SMARTS) is 1. The van der Waals surface area contributed by atoms with E-state index in [0.29, 0.717) is 5.82 Å². The zero-order valence-electron chi connectivity index (χ0n) is 12.6. The van der Waals surface area contributed by atoms with Crippen molar-refractivity contribution in [2.24, 2.45) is 13.0 Å². The summed E-state index contributed by atoms with van der Waals surface area (Å²) in [7, 11) is 1.71. The zero-order chi connectivity index (χ0) is 15.8. The van der Waals surface area contributed by atoms with Gasteiger partial charge in [0.05, 0.1) is 5.92 Å². The van der Waals surface area contributed by atoms with Crippen molar-refractivity contribution in [3.8, 4) is 0 Å². The van der Waals surface area contributed by atoms with Crippen LogP contribution in [0.2, 0.25) is 0 Å². The molecule has 0 radical (unpaired) electrons. The summed E-state index contributed by atoms with van der Waals surface area (Å²) in [5, 5.41) is 16.0. The minimum absolute atomic E-state index is 0.256. The molecule has 1 saturated carbocycles. The van der Waals surface area contributed by atoms with E-state index in [4.69, 9.17) is 9.84 Å². The monoisotopic (exact) mass is 296 g/mol. The Morgan fingerprint density at radius 3 is 2.52 bits per heavy atom. The summed E-state index contributed by atoms with van der Waals surface area (Å²) in [4.78, 5) is 27.2. The quantitative estimate of drug-likeness (QED) is 0.862. The van der Waals surface area contributed by atoms with Crippen molar-refractivity contribution in [3.63, 3.8) is 0 Å². The summed E-state index contributed by atoms with van der Waals surface area (Å²) in [5.74, 6) is -0.982. The fraction of sp³-hybridized carbons (Fsp3) is 0.692. The van der Waals surface area contributed by atoms with Crippen LogP contribution in [0.1, 0.15) is 39.4 Å². The van der Waals surface area contributed by atoms with E-state index in [1.54, 1.807) is 27.8 Å². The molecule has 1 amide bonds. The molecule has 1 fully saturated rings. The standard InChI is InChI=1S/C13H20N4O4/c1-12(2,3)21-11(20)15-13(5-8(6-13)9(18)19)10-14-7-17(4)16-10/h7-8H,5-6H2,1-4H3,(H,15,20)(H,18,19). The lowest BCUT2D eigenvalue weighted by atomic mass is 9.67. The largest absolute Gasteiger partial charge is 0.481 e. The predicted octanol–water partition coefficient (Wildman–Crippen LogP) is 1.03. The molecule has 8 heteroatoms. The van der Waals surface area contributed by atoms with Crippen LogP contribution in [0.3, 0.4) is 0 Å². The minimum atomic E-state index is -0.882. The molecule has 1 aliphatic carbocycles. The third-order valence-corrected chi connectivity index (χ3v) is 3.31. The van der Waals surface area contributed by atoms with Gasteiger partial charge >= 0.3 is 12.1 Å². The number of carbonyl (C=O) groups excluding carboxylic acids is 1. The number of alkyl carbamates (subject to hydrolysis) is 1. The highest BCUT2D eigenvalue weighted by molar-refractivity contribution is 5.74. The molecule has 21 heavy (non-hydrogen) atoms. The summed E-state index contributed by atoms with van der Waals surface area (Å²) < 4.78 is 6.75. The van der Waals surface area contributed by atoms with Crippen molar-refractivity contribution in [3.05, 3.63) is 12.2 Å². The number of carbonyl (C=O) groups is 2. The van der Waals surface area contributed by atoms with Gasteiger partial charge in [0.1, 0.15) is 17.5 Å². The fourth-order valence-corrected chi connectivity index (χ4v) is 2.35. The van der Waals surface area contributed by atoms with E-state index in [1.807, 2.05) is 0 Å². The molecule has 8 nitrogen and oxygen atoms in total. The van der Waals surface area contributed by atoms with Gasteiger partial charge in [0.2, 0.25) is 0 Å². The maximum absolute atomic E-state index is 12.0. The Morgan fingerprint density at radius 1 is 1.48 bits per heavy atom. The molecule has 2 rings (SSSR count). The number of hydrogen-bond donors (Lipinski definition) is 2. The van der Waals surface area contributed by atoms with Crippen molar-refractivity contribution >= 4 is 12.1 Å². The molecule has 0 aliphatic heterocycles. The lowest BCUT2D eigenvalue weighted by molar-refractivity contribution is -0.148. The Balaban J connectivity index is 2.15. The normalized spacial score (nSPS) is 25.0. The van der Waals surface area contributed by atoms with Gasteiger partial charge in [-0.1, -0.05) is 0 Å². The molecule has 2 N–H and O–H groups in total. The maximum Gasteiger partial charge on any atom is 0.408 e. The van der Waals surface area contributed by atoms with E-state index < -0.39 is 29.1 Å². The summed E-state index contributed by atoms with van der Waals surface area (Å²) in [6.45, 7) is 5.29. The second-order valence-electron chi connectivity index (χ2n) is 6.39. The number of carboxylic acids is 1. The minimum Gasteiger partial charge on any atom is -0.481 e. The molecular weight excluding hydrogens is 276 g/mol. The van der Waals surface area contributed by atoms with Crippen LogP contribution in [-0.4, -0.2) is 37.5 Å². The molecule has 1 aromatic rings. The number of aliphatic carboxylic acids is 1. The Bertz CT molecular complexity index is 555. The van der Waals surface area contributed by atoms with E-state index in [9.17, 15) is 9.59 Å². The highest BCUT2D eigenvalue weighted by Gasteiger charge is 2.53. The molecule has 0 saturated heterocycles. The van der Waals surface area contributed by atoms with Crippen LogP contribution in [0.25, 0.3) is 0 Å². The van der Waals surface area contributed by atoms with Gasteiger partial charge < -0.3 is 15.2 Å². The van der Waals surface area contributed by atoms with Gasteiger partial charge in [-0.15, -0.1) is 0 Å². The lowest BCUT2D eigenvalue weighted by Crippen LogP contribution is -2.57. The average molecular weight is 296 g/mol. The van der Waals surface area contributed by atoms with Gasteiger partial charge in [0.15, 0.2) is 5.82 Å². The Hall–Kier alpha value is -2.12. The van der Waals surface area contributed by atoms with Crippen LogP contribution >= 0.6 is 0 Å². The molecule has 0 spiro atoms. The van der Waals surface area contributed by atoms with Gasteiger partial charge in [0, 0.05) is 7.05 Å². The van der Waals surface area contributed by atoms with Crippen LogP contribution in [0.5, 0.6) is 0 Å². The van der Waals surface area contributed by atoms with Crippen molar-refractivity contribution in [1.82, 2.24) is 20.1 Å². The number of ether oxygens (including phenoxy) is 1. The summed E-state index contributed by atoms with van der Waals surface area (Å²) in [6.07, 6.45) is 1.43. The molecule has 116 valence electrons. The molecule has 1 heterocycles. The van der Waals surface area contributed by atoms with E-state index >= 15 is 0 Å². The van der Waals surface area contributed by atoms with E-state index in [-0.39, 0.29) is 12.8 Å². The van der Waals surface area contributed by atoms with Crippen molar-refractivity contribution in [2.45, 2.75) is 44.8 Å². The van der Waals surface area contributed by atoms with Gasteiger partial charge in [0.25, 0.3) is 0 Å². The Morgan fingerprint density at radius 2 is 2.10 bits per heavy atom. The van der Waals surface area contributed by atoms with Crippen LogP contribution in [0.4, 0.5) is 4.79 Å². The number of amides is 1. The van der Waals surface area contributed by atoms with E-state index in [1.165, 1.54) is 11.0 Å². The van der Waals surface area contributed by atoms with Gasteiger partial charge in [-0.2, -0.15) is 5.10 Å². The number of nitrogens with zero attached hydrogens (tertiary/aromatic N) is 3. The average Bonchev–Trinajstić information content (AvgIpc) is 2.66. The summed E-state index contributed by atoms with van der Waals surface area (Å²) >= 11 is 0. The Labute approximate surface area is 122 Å². The first-order valence-electron chi connectivity index (χ1n) is 6.71. The first kappa shape index (κ1) is 15.3. The first-order valence-corrected chi connectivity index (χ1v) is 6.71. The molecule has 0 atom stereocenters. The Kier molecular flexibility index (Phi) is 3.65. The van der Waals surface area contributed by atoms with Crippen LogP contribution < -0.4 is 5.32 Å². The molecule has 0 aromatic carbocycles. The fourth-order valence-electron chi connectivity index (χ4n) is 2.35. The summed E-state index contributed by atoms with van der Waals surface area (Å²) in [6, 6.07) is 0. The smallest absolute Gasteiger partial charge is 0.408 e. The van der Waals surface area contributed by atoms with Crippen molar-refractivity contribution in [2.75, 3.05) is 0 Å². The third-order valence-electron chi connectivity index (χ3n) is 3.31. The van der Waals surface area contributed by atoms with Crippen LogP contribution in [0.15, 0.2) is 6.33 Å². The SMILES string of the molecule is Cn1cnc(C2(NC(=O)OC(C)(C)C)CC(C(=O)O)C2)n1. The molecule has 1 aliphatic rings. The first-order chi connectivity index (χ1) is 9.61. The lowest BCUT2D eigenvalue weighted by Gasteiger charge is -2.44. The molecule has 0 unspecified atom stereocenters. The molecule has 1 aromatic heterocycles. The third kappa shape index (κ3) is 3.32. The maximum atomic E-state index is 12.0. The van der Waals surface area contributed by atoms with Crippen molar-refractivity contribution < 1.29 is 19.4 Å². The second-order valence-corrected chi connectivity index (χ2v) is 6.39. The highest BCUT2D eigenvalue weighted by Crippen LogP contribution is 2.44. The van der Waals surface area contributed by atoms with Crippen LogP contribution in [0, 0.1) is 5.92 Å². The topological polar surface area (TPSA) is 106 Å². The van der Waals surface area contributed by atoms with Gasteiger partial charge in [-0.3, -0.25) is 9.48 Å². The number of rotatable bonds is 3. The van der Waals surface area contributed by atoms with E-state index in [0.717, 1.165) is 0 Å². The van der Waals surface area contributed by atoms with Crippen molar-refractivity contribution in [1.29, 1.82) is 0 Å². The zero-order valence-corrected chi connectivity index (χ0v) is 12.6. The summed E-state index contributed by atoms with van der Waals surface area (Å²) in [5.41, 5.74) is -1.49. The number of hydrogen-bond acceptors (Lipinski definition) is 5.